The second-order valence-electron chi connectivity index (χ2n) is 5.50. The lowest BCUT2D eigenvalue weighted by atomic mass is 9.69. The minimum Gasteiger partial charge on any atom is -0.481 e. The molecule has 0 amide bonds. The zero-order valence-corrected chi connectivity index (χ0v) is 10.9. The van der Waals surface area contributed by atoms with Gasteiger partial charge in [0.25, 0.3) is 0 Å². The first-order valence-corrected chi connectivity index (χ1v) is 6.58. The molecule has 0 bridgehead atoms. The van der Waals surface area contributed by atoms with E-state index in [1.807, 2.05) is 0 Å². The van der Waals surface area contributed by atoms with E-state index in [0.717, 1.165) is 25.0 Å². The van der Waals surface area contributed by atoms with Crippen molar-refractivity contribution in [2.75, 3.05) is 0 Å². The van der Waals surface area contributed by atoms with Crippen LogP contribution in [0.3, 0.4) is 0 Å². The van der Waals surface area contributed by atoms with Crippen LogP contribution in [0.2, 0.25) is 0 Å². The molecule has 18 heavy (non-hydrogen) atoms. The molecule has 1 fully saturated rings. The predicted octanol–water partition coefficient (Wildman–Crippen LogP) is 2.72. The number of hydrogen-bond acceptors (Lipinski definition) is 3. The van der Waals surface area contributed by atoms with Crippen LogP contribution in [0.1, 0.15) is 44.7 Å². The van der Waals surface area contributed by atoms with Crippen LogP contribution < -0.4 is 0 Å². The van der Waals surface area contributed by atoms with Crippen molar-refractivity contribution in [3.63, 3.8) is 0 Å². The highest BCUT2D eigenvalue weighted by molar-refractivity contribution is 5.71. The summed E-state index contributed by atoms with van der Waals surface area (Å²) in [6.45, 7) is 4.42. The average molecular weight is 248 g/mol. The third-order valence-electron chi connectivity index (χ3n) is 4.11. The van der Waals surface area contributed by atoms with Crippen molar-refractivity contribution < 1.29 is 9.90 Å². The molecule has 1 aliphatic rings. The molecule has 0 saturated heterocycles. The number of aliphatic carboxylic acids is 1. The molecular formula is C14H20N2O2. The Morgan fingerprint density at radius 3 is 2.72 bits per heavy atom. The summed E-state index contributed by atoms with van der Waals surface area (Å²) in [7, 11) is 0. The Morgan fingerprint density at radius 2 is 2.17 bits per heavy atom. The topological polar surface area (TPSA) is 63.1 Å². The van der Waals surface area contributed by atoms with Gasteiger partial charge in [-0.15, -0.1) is 0 Å². The van der Waals surface area contributed by atoms with Crippen LogP contribution in [0.15, 0.2) is 18.6 Å². The summed E-state index contributed by atoms with van der Waals surface area (Å²) in [5, 5.41) is 9.35. The van der Waals surface area contributed by atoms with E-state index in [0.29, 0.717) is 11.8 Å². The van der Waals surface area contributed by atoms with Crippen LogP contribution in [0.25, 0.3) is 0 Å². The Kier molecular flexibility index (Phi) is 3.94. The number of hydrogen-bond donors (Lipinski definition) is 1. The highest BCUT2D eigenvalue weighted by Crippen LogP contribution is 2.42. The largest absolute Gasteiger partial charge is 0.481 e. The molecule has 0 aliphatic heterocycles. The maximum absolute atomic E-state index is 11.4. The van der Waals surface area contributed by atoms with E-state index in [1.165, 1.54) is 0 Å². The Labute approximate surface area is 107 Å². The van der Waals surface area contributed by atoms with Crippen molar-refractivity contribution in [1.29, 1.82) is 0 Å². The van der Waals surface area contributed by atoms with Gasteiger partial charge < -0.3 is 5.11 Å². The van der Waals surface area contributed by atoms with E-state index in [-0.39, 0.29) is 11.8 Å². The minimum atomic E-state index is -0.701. The summed E-state index contributed by atoms with van der Waals surface area (Å²) in [5.41, 5.74) is 0.829. The molecule has 0 spiro atoms. The molecule has 4 heteroatoms. The van der Waals surface area contributed by atoms with Gasteiger partial charge in [-0.1, -0.05) is 13.8 Å². The Morgan fingerprint density at radius 1 is 1.39 bits per heavy atom. The van der Waals surface area contributed by atoms with Crippen molar-refractivity contribution in [2.24, 2.45) is 17.8 Å². The molecule has 2 rings (SSSR count). The molecule has 1 saturated carbocycles. The predicted molar refractivity (Wildman–Crippen MR) is 68.1 cm³/mol. The zero-order chi connectivity index (χ0) is 13.1. The summed E-state index contributed by atoms with van der Waals surface area (Å²) >= 11 is 0. The lowest BCUT2D eigenvalue weighted by Gasteiger charge is -2.35. The van der Waals surface area contributed by atoms with Crippen LogP contribution in [-0.2, 0) is 4.79 Å². The van der Waals surface area contributed by atoms with Gasteiger partial charge in [0.15, 0.2) is 0 Å². The van der Waals surface area contributed by atoms with Crippen molar-refractivity contribution in [3.8, 4) is 0 Å². The molecule has 98 valence electrons. The maximum atomic E-state index is 11.4. The Bertz CT molecular complexity index is 406. The second kappa shape index (κ2) is 5.46. The maximum Gasteiger partial charge on any atom is 0.307 e. The second-order valence-corrected chi connectivity index (χ2v) is 5.50. The number of carboxylic acids is 1. The van der Waals surface area contributed by atoms with E-state index in [4.69, 9.17) is 0 Å². The molecular weight excluding hydrogens is 228 g/mol. The summed E-state index contributed by atoms with van der Waals surface area (Å²) in [6, 6.07) is 0. The molecule has 1 aliphatic carbocycles. The van der Waals surface area contributed by atoms with Crippen LogP contribution in [-0.4, -0.2) is 21.0 Å². The van der Waals surface area contributed by atoms with Gasteiger partial charge in [-0.2, -0.15) is 0 Å². The van der Waals surface area contributed by atoms with Crippen LogP contribution in [0.4, 0.5) is 0 Å². The molecule has 4 nitrogen and oxygen atoms in total. The summed E-state index contributed by atoms with van der Waals surface area (Å²) in [5.74, 6) is 0.188. The number of aromatic nitrogens is 2. The van der Waals surface area contributed by atoms with E-state index in [2.05, 4.69) is 23.8 Å². The summed E-state index contributed by atoms with van der Waals surface area (Å²) in [6.07, 6.45) is 7.65. The number of carboxylic acid groups (broad SMARTS) is 1. The monoisotopic (exact) mass is 248 g/mol. The van der Waals surface area contributed by atoms with Gasteiger partial charge in [0.2, 0.25) is 0 Å². The molecule has 1 aromatic rings. The van der Waals surface area contributed by atoms with Gasteiger partial charge in [-0.3, -0.25) is 14.8 Å². The van der Waals surface area contributed by atoms with Gasteiger partial charge in [0, 0.05) is 24.5 Å². The van der Waals surface area contributed by atoms with Crippen LogP contribution in [0.5, 0.6) is 0 Å². The first-order chi connectivity index (χ1) is 8.59. The Hall–Kier alpha value is -1.45. The smallest absolute Gasteiger partial charge is 0.307 e. The van der Waals surface area contributed by atoms with Crippen molar-refractivity contribution >= 4 is 5.97 Å². The highest BCUT2D eigenvalue weighted by Gasteiger charge is 2.37. The normalized spacial score (nSPS) is 28.3. The molecule has 1 heterocycles. The lowest BCUT2D eigenvalue weighted by molar-refractivity contribution is -0.144. The number of carbonyl (C=O) groups is 1. The van der Waals surface area contributed by atoms with Crippen molar-refractivity contribution in [1.82, 2.24) is 9.97 Å². The molecule has 0 radical (unpaired) electrons. The van der Waals surface area contributed by atoms with Gasteiger partial charge in [0.05, 0.1) is 11.6 Å². The molecule has 3 unspecified atom stereocenters. The third-order valence-corrected chi connectivity index (χ3v) is 4.11. The Balaban J connectivity index is 2.23. The summed E-state index contributed by atoms with van der Waals surface area (Å²) in [4.78, 5) is 19.7. The fourth-order valence-corrected chi connectivity index (χ4v) is 2.93. The molecule has 3 atom stereocenters. The third kappa shape index (κ3) is 2.68. The molecule has 0 aromatic carbocycles. The zero-order valence-electron chi connectivity index (χ0n) is 10.9. The SMILES string of the molecule is CC(C)C1CCC(C(=O)O)C(c2cnccn2)C1. The highest BCUT2D eigenvalue weighted by atomic mass is 16.4. The number of rotatable bonds is 3. The fraction of sp³-hybridized carbons (Fsp3) is 0.643. The first-order valence-electron chi connectivity index (χ1n) is 6.58. The molecule has 1 aromatic heterocycles. The summed E-state index contributed by atoms with van der Waals surface area (Å²) < 4.78 is 0. The van der Waals surface area contributed by atoms with E-state index < -0.39 is 5.97 Å². The fourth-order valence-electron chi connectivity index (χ4n) is 2.93. The lowest BCUT2D eigenvalue weighted by Crippen LogP contribution is -2.31. The number of nitrogens with zero attached hydrogens (tertiary/aromatic N) is 2. The van der Waals surface area contributed by atoms with E-state index in [9.17, 15) is 9.90 Å². The molecule has 1 N–H and O–H groups in total. The first kappa shape index (κ1) is 13.0. The minimum absolute atomic E-state index is 0.0114. The van der Waals surface area contributed by atoms with Gasteiger partial charge in [-0.05, 0) is 31.1 Å². The van der Waals surface area contributed by atoms with Gasteiger partial charge in [0.1, 0.15) is 0 Å². The van der Waals surface area contributed by atoms with Gasteiger partial charge >= 0.3 is 5.97 Å². The standard InChI is InChI=1S/C14H20N2O2/c1-9(2)10-3-4-11(14(17)18)12(7-10)13-8-15-5-6-16-13/h5-6,8-12H,3-4,7H2,1-2H3,(H,17,18). The quantitative estimate of drug-likeness (QED) is 0.893. The van der Waals surface area contributed by atoms with Crippen LogP contribution in [0, 0.1) is 17.8 Å². The van der Waals surface area contributed by atoms with Crippen molar-refractivity contribution in [2.45, 2.75) is 39.0 Å². The van der Waals surface area contributed by atoms with Gasteiger partial charge in [-0.25, -0.2) is 0 Å². The van der Waals surface area contributed by atoms with Crippen molar-refractivity contribution in [3.05, 3.63) is 24.3 Å². The van der Waals surface area contributed by atoms with Crippen LogP contribution >= 0.6 is 0 Å². The van der Waals surface area contributed by atoms with E-state index in [1.54, 1.807) is 18.6 Å². The van der Waals surface area contributed by atoms with E-state index >= 15 is 0 Å². The average Bonchev–Trinajstić information content (AvgIpc) is 2.39.